The molecule has 0 saturated carbocycles. The van der Waals surface area contributed by atoms with Crippen molar-refractivity contribution in [2.24, 2.45) is 4.99 Å². The van der Waals surface area contributed by atoms with E-state index in [1.165, 1.54) is 20.9 Å². The molecule has 0 saturated heterocycles. The van der Waals surface area contributed by atoms with E-state index < -0.39 is 0 Å². The number of aromatic amines is 1. The number of rotatable bonds is 5. The number of nitrogens with one attached hydrogen (secondary N) is 1. The normalized spacial score (nSPS) is 13.6. The molecule has 4 rings (SSSR count). The summed E-state index contributed by atoms with van der Waals surface area (Å²) in [5.74, 6) is -0.331. The molecule has 0 atom stereocenters. The molecule has 1 aliphatic rings. The third-order valence-corrected chi connectivity index (χ3v) is 6.87. The van der Waals surface area contributed by atoms with Gasteiger partial charge in [-0.15, -0.1) is 11.3 Å². The van der Waals surface area contributed by atoms with Crippen molar-refractivity contribution in [3.8, 4) is 5.69 Å². The second kappa shape index (κ2) is 8.73. The molecule has 30 heavy (non-hydrogen) atoms. The van der Waals surface area contributed by atoms with Gasteiger partial charge < -0.3 is 4.74 Å². The molecule has 0 radical (unpaired) electrons. The Morgan fingerprint density at radius 2 is 2.03 bits per heavy atom. The Labute approximate surface area is 186 Å². The molecule has 3 aromatic rings. The zero-order chi connectivity index (χ0) is 21.3. The third-order valence-electron chi connectivity index (χ3n) is 5.15. The van der Waals surface area contributed by atoms with Crippen molar-refractivity contribution in [1.82, 2.24) is 9.78 Å². The van der Waals surface area contributed by atoms with Crippen LogP contribution in [0, 0.1) is 6.92 Å². The lowest BCUT2D eigenvalue weighted by atomic mass is 9.95. The molecule has 1 aromatic carbocycles. The Balaban J connectivity index is 1.73. The van der Waals surface area contributed by atoms with E-state index in [1.54, 1.807) is 13.1 Å². The number of aromatic nitrogens is 2. The summed E-state index contributed by atoms with van der Waals surface area (Å²) in [6.07, 6.45) is 5.57. The fourth-order valence-electron chi connectivity index (χ4n) is 3.66. The van der Waals surface area contributed by atoms with E-state index in [-0.39, 0.29) is 11.5 Å². The first-order valence-electron chi connectivity index (χ1n) is 9.93. The van der Waals surface area contributed by atoms with Gasteiger partial charge in [-0.1, -0.05) is 15.9 Å². The first kappa shape index (κ1) is 20.8. The third kappa shape index (κ3) is 3.94. The summed E-state index contributed by atoms with van der Waals surface area (Å²) in [7, 11) is 0. The first-order valence-corrected chi connectivity index (χ1v) is 11.5. The van der Waals surface area contributed by atoms with Crippen LogP contribution in [0.15, 0.2) is 38.5 Å². The molecule has 0 aliphatic heterocycles. The summed E-state index contributed by atoms with van der Waals surface area (Å²) in [5, 5.41) is 3.72. The molecule has 6 nitrogen and oxygen atoms in total. The second-order valence-electron chi connectivity index (χ2n) is 7.14. The van der Waals surface area contributed by atoms with Crippen LogP contribution in [0.3, 0.4) is 0 Å². The molecule has 0 amide bonds. The fraction of sp³-hybridized carbons (Fsp3) is 0.318. The Hall–Kier alpha value is -2.45. The predicted octanol–water partition coefficient (Wildman–Crippen LogP) is 5.10. The largest absolute Gasteiger partial charge is 0.462 e. The average Bonchev–Trinajstić information content (AvgIpc) is 3.24. The Morgan fingerprint density at radius 1 is 1.30 bits per heavy atom. The monoisotopic (exact) mass is 487 g/mol. The number of halogens is 1. The van der Waals surface area contributed by atoms with Gasteiger partial charge in [-0.3, -0.25) is 9.89 Å². The molecule has 0 fully saturated rings. The van der Waals surface area contributed by atoms with E-state index in [0.717, 1.165) is 41.4 Å². The molecule has 156 valence electrons. The van der Waals surface area contributed by atoms with E-state index in [1.807, 2.05) is 31.2 Å². The van der Waals surface area contributed by atoms with E-state index in [9.17, 15) is 9.59 Å². The number of fused-ring (bicyclic) bond motifs is 1. The number of aliphatic imine (C=N–C) groups is 1. The van der Waals surface area contributed by atoms with Crippen LogP contribution in [0.5, 0.6) is 0 Å². The minimum Gasteiger partial charge on any atom is -0.462 e. The molecule has 1 aliphatic carbocycles. The molecule has 0 unspecified atom stereocenters. The summed E-state index contributed by atoms with van der Waals surface area (Å²) >= 11 is 4.93. The van der Waals surface area contributed by atoms with Crippen molar-refractivity contribution in [3.05, 3.63) is 66.4 Å². The summed E-state index contributed by atoms with van der Waals surface area (Å²) in [5.41, 5.74) is 3.37. The van der Waals surface area contributed by atoms with E-state index in [0.29, 0.717) is 28.4 Å². The van der Waals surface area contributed by atoms with Gasteiger partial charge >= 0.3 is 5.97 Å². The highest BCUT2D eigenvalue weighted by Gasteiger charge is 2.26. The summed E-state index contributed by atoms with van der Waals surface area (Å²) < 4.78 is 7.72. The van der Waals surface area contributed by atoms with Gasteiger partial charge in [0.2, 0.25) is 0 Å². The quantitative estimate of drug-likeness (QED) is 0.401. The van der Waals surface area contributed by atoms with Gasteiger partial charge in [-0.2, -0.15) is 0 Å². The molecule has 0 spiro atoms. The van der Waals surface area contributed by atoms with E-state index in [2.05, 4.69) is 26.0 Å². The molecular weight excluding hydrogens is 466 g/mol. The van der Waals surface area contributed by atoms with E-state index in [4.69, 9.17) is 4.74 Å². The van der Waals surface area contributed by atoms with Gasteiger partial charge in [-0.05, 0) is 69.4 Å². The van der Waals surface area contributed by atoms with Crippen LogP contribution in [0.4, 0.5) is 5.00 Å². The number of ether oxygens (including phenoxy) is 1. The highest BCUT2D eigenvalue weighted by atomic mass is 79.9. The zero-order valence-corrected chi connectivity index (χ0v) is 19.2. The van der Waals surface area contributed by atoms with Gasteiger partial charge in [0.05, 0.1) is 23.4 Å². The lowest BCUT2D eigenvalue weighted by Gasteiger charge is -2.11. The highest BCUT2D eigenvalue weighted by Crippen LogP contribution is 2.40. The number of nitrogens with zero attached hydrogens (tertiary/aromatic N) is 2. The van der Waals surface area contributed by atoms with Crippen LogP contribution in [0.2, 0.25) is 0 Å². The maximum Gasteiger partial charge on any atom is 0.341 e. The number of hydrogen-bond donors (Lipinski definition) is 1. The topological polar surface area (TPSA) is 76.4 Å². The average molecular weight is 488 g/mol. The number of benzene rings is 1. The first-order chi connectivity index (χ1) is 14.5. The zero-order valence-electron chi connectivity index (χ0n) is 16.8. The van der Waals surface area contributed by atoms with Crippen molar-refractivity contribution in [2.75, 3.05) is 6.61 Å². The van der Waals surface area contributed by atoms with Crippen LogP contribution >= 0.6 is 27.3 Å². The van der Waals surface area contributed by atoms with Crippen molar-refractivity contribution in [1.29, 1.82) is 0 Å². The molecular formula is C22H22BrN3O3S. The van der Waals surface area contributed by atoms with Gasteiger partial charge in [0.1, 0.15) is 5.00 Å². The van der Waals surface area contributed by atoms with Gasteiger partial charge in [0, 0.05) is 21.3 Å². The number of esters is 1. The molecule has 2 aromatic heterocycles. The van der Waals surface area contributed by atoms with E-state index >= 15 is 0 Å². The summed E-state index contributed by atoms with van der Waals surface area (Å²) in [6.45, 7) is 3.96. The standard InChI is InChI=1S/C22H22BrN3O3S/c1-3-29-22(28)19-16-6-4-5-7-18(16)30-20(19)24-12-17-13(2)25-26(21(17)27)15-10-8-14(23)9-11-15/h8-12,25H,3-7H2,1-2H3. The highest BCUT2D eigenvalue weighted by molar-refractivity contribution is 9.10. The smallest absolute Gasteiger partial charge is 0.341 e. The van der Waals surface area contributed by atoms with Gasteiger partial charge in [0.25, 0.3) is 5.56 Å². The van der Waals surface area contributed by atoms with Crippen molar-refractivity contribution < 1.29 is 9.53 Å². The number of aryl methyl sites for hydroxylation is 2. The van der Waals surface area contributed by atoms with Gasteiger partial charge in [0.15, 0.2) is 0 Å². The maximum atomic E-state index is 13.0. The van der Waals surface area contributed by atoms with Gasteiger partial charge in [-0.25, -0.2) is 14.5 Å². The van der Waals surface area contributed by atoms with Crippen LogP contribution in [0.1, 0.15) is 51.8 Å². The maximum absolute atomic E-state index is 13.0. The van der Waals surface area contributed by atoms with Crippen molar-refractivity contribution in [3.63, 3.8) is 0 Å². The number of hydrogen-bond acceptors (Lipinski definition) is 5. The Bertz CT molecular complexity index is 1170. The molecule has 8 heteroatoms. The van der Waals surface area contributed by atoms with Crippen LogP contribution < -0.4 is 5.56 Å². The van der Waals surface area contributed by atoms with Crippen LogP contribution in [-0.4, -0.2) is 28.6 Å². The number of H-pyrrole nitrogens is 1. The lowest BCUT2D eigenvalue weighted by Crippen LogP contribution is -2.17. The number of carbonyl (C=O) groups excluding carboxylic acids is 1. The van der Waals surface area contributed by atoms with Crippen molar-refractivity contribution in [2.45, 2.75) is 39.5 Å². The predicted molar refractivity (Wildman–Crippen MR) is 123 cm³/mol. The number of thiophene rings is 1. The Morgan fingerprint density at radius 3 is 2.77 bits per heavy atom. The minimum atomic E-state index is -0.331. The van der Waals surface area contributed by atoms with Crippen LogP contribution in [-0.2, 0) is 17.6 Å². The minimum absolute atomic E-state index is 0.183. The molecule has 0 bridgehead atoms. The fourth-order valence-corrected chi connectivity index (χ4v) is 5.15. The van der Waals surface area contributed by atoms with Crippen molar-refractivity contribution >= 4 is 44.5 Å². The number of carbonyl (C=O) groups is 1. The Kier molecular flexibility index (Phi) is 6.06. The SMILES string of the molecule is CCOC(=O)c1c(N=Cc2c(C)[nH]n(-c3ccc(Br)cc3)c2=O)sc2c1CCCC2. The summed E-state index contributed by atoms with van der Waals surface area (Å²) in [6, 6.07) is 7.48. The van der Waals surface area contributed by atoms with Crippen LogP contribution in [0.25, 0.3) is 5.69 Å². The molecule has 2 heterocycles. The lowest BCUT2D eigenvalue weighted by molar-refractivity contribution is 0.0526. The summed E-state index contributed by atoms with van der Waals surface area (Å²) in [4.78, 5) is 31.3. The molecule has 1 N–H and O–H groups in total. The second-order valence-corrected chi connectivity index (χ2v) is 9.14.